The van der Waals surface area contributed by atoms with E-state index in [-0.39, 0.29) is 5.75 Å². The SMILES string of the molecule is Cc1ccc(/C=N/S(=O)(=O)Cc2ccccc2)cc1. The van der Waals surface area contributed by atoms with E-state index in [1.807, 2.05) is 49.4 Å². The molecule has 0 fully saturated rings. The van der Waals surface area contributed by atoms with Gasteiger partial charge in [-0.15, -0.1) is 0 Å². The second-order valence-corrected chi connectivity index (χ2v) is 6.02. The van der Waals surface area contributed by atoms with Crippen LogP contribution in [0.4, 0.5) is 0 Å². The summed E-state index contributed by atoms with van der Waals surface area (Å²) in [4.78, 5) is 0. The molecule has 0 radical (unpaired) electrons. The van der Waals surface area contributed by atoms with E-state index >= 15 is 0 Å². The second kappa shape index (κ2) is 5.80. The first-order chi connectivity index (χ1) is 9.05. The fraction of sp³-hybridized carbons (Fsp3) is 0.133. The monoisotopic (exact) mass is 273 g/mol. The normalized spacial score (nSPS) is 11.8. The van der Waals surface area contributed by atoms with E-state index in [0.717, 1.165) is 16.7 Å². The molecule has 2 rings (SSSR count). The van der Waals surface area contributed by atoms with E-state index in [9.17, 15) is 8.42 Å². The van der Waals surface area contributed by atoms with Gasteiger partial charge in [-0.1, -0.05) is 60.2 Å². The summed E-state index contributed by atoms with van der Waals surface area (Å²) in [6.45, 7) is 1.98. The van der Waals surface area contributed by atoms with Crippen molar-refractivity contribution in [2.45, 2.75) is 12.7 Å². The molecule has 0 N–H and O–H groups in total. The zero-order valence-electron chi connectivity index (χ0n) is 10.7. The lowest BCUT2D eigenvalue weighted by atomic mass is 10.2. The smallest absolute Gasteiger partial charge is 0.204 e. The predicted octanol–water partition coefficient (Wildman–Crippen LogP) is 2.94. The molecular weight excluding hydrogens is 258 g/mol. The first-order valence-electron chi connectivity index (χ1n) is 5.94. The Bertz CT molecular complexity index is 659. The van der Waals surface area contributed by atoms with Crippen LogP contribution in [0, 0.1) is 6.92 Å². The largest absolute Gasteiger partial charge is 0.257 e. The summed E-state index contributed by atoms with van der Waals surface area (Å²) in [5, 5.41) is 0. The number of hydrogen-bond donors (Lipinski definition) is 0. The van der Waals surface area contributed by atoms with Gasteiger partial charge in [0.2, 0.25) is 0 Å². The third-order valence-electron chi connectivity index (χ3n) is 2.63. The first kappa shape index (κ1) is 13.5. The molecule has 0 amide bonds. The molecule has 4 heteroatoms. The van der Waals surface area contributed by atoms with E-state index in [4.69, 9.17) is 0 Å². The molecule has 3 nitrogen and oxygen atoms in total. The van der Waals surface area contributed by atoms with Crippen LogP contribution in [0.15, 0.2) is 59.0 Å². The molecular formula is C15H15NO2S. The average molecular weight is 273 g/mol. The van der Waals surface area contributed by atoms with Crippen LogP contribution >= 0.6 is 0 Å². The molecule has 0 aliphatic heterocycles. The number of rotatable bonds is 4. The number of aryl methyl sites for hydroxylation is 1. The van der Waals surface area contributed by atoms with Crippen LogP contribution in [0.2, 0.25) is 0 Å². The van der Waals surface area contributed by atoms with Crippen molar-refractivity contribution in [1.82, 2.24) is 0 Å². The molecule has 0 saturated heterocycles. The van der Waals surface area contributed by atoms with Crippen LogP contribution in [-0.4, -0.2) is 14.6 Å². The van der Waals surface area contributed by atoms with Gasteiger partial charge in [0, 0.05) is 6.21 Å². The van der Waals surface area contributed by atoms with Gasteiger partial charge in [0.25, 0.3) is 10.0 Å². The number of nitrogens with zero attached hydrogens (tertiary/aromatic N) is 1. The summed E-state index contributed by atoms with van der Waals surface area (Å²) in [6, 6.07) is 16.6. The van der Waals surface area contributed by atoms with Crippen molar-refractivity contribution in [3.8, 4) is 0 Å². The molecule has 2 aromatic rings. The van der Waals surface area contributed by atoms with Gasteiger partial charge in [0.15, 0.2) is 0 Å². The van der Waals surface area contributed by atoms with Crippen LogP contribution in [0.5, 0.6) is 0 Å². The lowest BCUT2D eigenvalue weighted by Gasteiger charge is -1.99. The van der Waals surface area contributed by atoms with Gasteiger partial charge in [0.05, 0.1) is 5.75 Å². The van der Waals surface area contributed by atoms with Gasteiger partial charge < -0.3 is 0 Å². The Morgan fingerprint density at radius 2 is 1.63 bits per heavy atom. The molecule has 0 saturated carbocycles. The Labute approximate surface area is 113 Å². The fourth-order valence-electron chi connectivity index (χ4n) is 1.62. The molecule has 0 spiro atoms. The Balaban J connectivity index is 2.11. The van der Waals surface area contributed by atoms with Crippen molar-refractivity contribution in [2.75, 3.05) is 0 Å². The summed E-state index contributed by atoms with van der Waals surface area (Å²) in [5.41, 5.74) is 2.65. The molecule has 0 unspecified atom stereocenters. The number of benzene rings is 2. The van der Waals surface area contributed by atoms with Crippen LogP contribution in [0.25, 0.3) is 0 Å². The lowest BCUT2D eigenvalue weighted by molar-refractivity contribution is 0.597. The van der Waals surface area contributed by atoms with Crippen molar-refractivity contribution >= 4 is 16.2 Å². The topological polar surface area (TPSA) is 46.5 Å². The van der Waals surface area contributed by atoms with Crippen molar-refractivity contribution in [3.05, 3.63) is 71.3 Å². The molecule has 2 aromatic carbocycles. The quantitative estimate of drug-likeness (QED) is 0.804. The zero-order valence-corrected chi connectivity index (χ0v) is 11.5. The molecule has 98 valence electrons. The van der Waals surface area contributed by atoms with E-state index in [0.29, 0.717) is 0 Å². The van der Waals surface area contributed by atoms with Gasteiger partial charge in [0.1, 0.15) is 0 Å². The highest BCUT2D eigenvalue weighted by atomic mass is 32.2. The standard InChI is InChI=1S/C15H15NO2S/c1-13-7-9-14(10-8-13)11-16-19(17,18)12-15-5-3-2-4-6-15/h2-11H,12H2,1H3/b16-11+. The summed E-state index contributed by atoms with van der Waals surface area (Å²) < 4.78 is 27.4. The number of sulfonamides is 1. The van der Waals surface area contributed by atoms with E-state index in [1.54, 1.807) is 12.1 Å². The maximum absolute atomic E-state index is 11.8. The summed E-state index contributed by atoms with van der Waals surface area (Å²) >= 11 is 0. The zero-order chi connectivity index (χ0) is 13.7. The number of hydrogen-bond acceptors (Lipinski definition) is 2. The molecule has 0 heterocycles. The summed E-state index contributed by atoms with van der Waals surface area (Å²) in [5.74, 6) is -0.0732. The fourth-order valence-corrected chi connectivity index (χ4v) is 2.59. The van der Waals surface area contributed by atoms with Crippen molar-refractivity contribution in [2.24, 2.45) is 4.40 Å². The van der Waals surface area contributed by atoms with E-state index < -0.39 is 10.0 Å². The van der Waals surface area contributed by atoms with Crippen LogP contribution in [-0.2, 0) is 15.8 Å². The van der Waals surface area contributed by atoms with Gasteiger partial charge in [-0.25, -0.2) is 8.42 Å². The van der Waals surface area contributed by atoms with Crippen LogP contribution in [0.3, 0.4) is 0 Å². The van der Waals surface area contributed by atoms with Crippen molar-refractivity contribution in [1.29, 1.82) is 0 Å². The van der Waals surface area contributed by atoms with Crippen molar-refractivity contribution in [3.63, 3.8) is 0 Å². The van der Waals surface area contributed by atoms with Gasteiger partial charge >= 0.3 is 0 Å². The predicted molar refractivity (Wildman–Crippen MR) is 77.8 cm³/mol. The third kappa shape index (κ3) is 4.34. The highest BCUT2D eigenvalue weighted by molar-refractivity contribution is 7.89. The van der Waals surface area contributed by atoms with Crippen LogP contribution in [0.1, 0.15) is 16.7 Å². The first-order valence-corrected chi connectivity index (χ1v) is 7.55. The minimum absolute atomic E-state index is 0.0732. The minimum Gasteiger partial charge on any atom is -0.204 e. The average Bonchev–Trinajstić information content (AvgIpc) is 2.39. The Morgan fingerprint density at radius 1 is 1.00 bits per heavy atom. The minimum atomic E-state index is -3.47. The summed E-state index contributed by atoms with van der Waals surface area (Å²) in [7, 11) is -3.47. The Hall–Kier alpha value is -1.94. The third-order valence-corrected chi connectivity index (χ3v) is 3.76. The maximum atomic E-state index is 11.8. The van der Waals surface area contributed by atoms with E-state index in [1.165, 1.54) is 6.21 Å². The molecule has 0 atom stereocenters. The van der Waals surface area contributed by atoms with E-state index in [2.05, 4.69) is 4.40 Å². The molecule has 0 aromatic heterocycles. The highest BCUT2D eigenvalue weighted by Gasteiger charge is 2.08. The highest BCUT2D eigenvalue weighted by Crippen LogP contribution is 2.07. The van der Waals surface area contributed by atoms with Gasteiger partial charge in [-0.05, 0) is 18.1 Å². The van der Waals surface area contributed by atoms with Crippen LogP contribution < -0.4 is 0 Å². The van der Waals surface area contributed by atoms with Gasteiger partial charge in [-0.2, -0.15) is 4.40 Å². The maximum Gasteiger partial charge on any atom is 0.257 e. The molecule has 19 heavy (non-hydrogen) atoms. The van der Waals surface area contributed by atoms with Crippen molar-refractivity contribution < 1.29 is 8.42 Å². The molecule has 0 aliphatic rings. The Morgan fingerprint density at radius 3 is 2.26 bits per heavy atom. The second-order valence-electron chi connectivity index (χ2n) is 4.36. The lowest BCUT2D eigenvalue weighted by Crippen LogP contribution is -2.01. The van der Waals surface area contributed by atoms with Gasteiger partial charge in [-0.3, -0.25) is 0 Å². The summed E-state index contributed by atoms with van der Waals surface area (Å²) in [6.07, 6.45) is 1.39. The molecule has 0 aliphatic carbocycles. The molecule has 0 bridgehead atoms. The Kier molecular flexibility index (Phi) is 4.12.